The zero-order valence-electron chi connectivity index (χ0n) is 12.9. The van der Waals surface area contributed by atoms with Crippen LogP contribution in [0.5, 0.6) is 0 Å². The fourth-order valence-corrected chi connectivity index (χ4v) is 2.86. The third-order valence-corrected chi connectivity index (χ3v) is 4.27. The first-order chi connectivity index (χ1) is 11.8. The first kappa shape index (κ1) is 17.3. The van der Waals surface area contributed by atoms with Crippen molar-refractivity contribution in [3.8, 4) is 11.5 Å². The van der Waals surface area contributed by atoms with Crippen LogP contribution in [0, 0.1) is 0 Å². The highest BCUT2D eigenvalue weighted by Crippen LogP contribution is 2.30. The highest BCUT2D eigenvalue weighted by atomic mass is 32.2. The van der Waals surface area contributed by atoms with Crippen LogP contribution in [-0.4, -0.2) is 39.1 Å². The quantitative estimate of drug-likeness (QED) is 0.673. The van der Waals surface area contributed by atoms with Gasteiger partial charge >= 0.3 is 6.18 Å². The zero-order valence-corrected chi connectivity index (χ0v) is 13.7. The number of nitrogens with one attached hydrogen (secondary N) is 2. The highest BCUT2D eigenvalue weighted by Gasteiger charge is 2.29. The number of rotatable bonds is 5. The number of carbonyl (C=O) groups is 1. The van der Waals surface area contributed by atoms with Gasteiger partial charge in [-0.2, -0.15) is 13.2 Å². The van der Waals surface area contributed by atoms with E-state index < -0.39 is 23.9 Å². The Bertz CT molecular complexity index is 890. The van der Waals surface area contributed by atoms with Crippen LogP contribution in [0.3, 0.4) is 0 Å². The molecule has 0 saturated carbocycles. The van der Waals surface area contributed by atoms with Crippen molar-refractivity contribution >= 4 is 28.6 Å². The number of halogens is 3. The molecule has 6 nitrogen and oxygen atoms in total. The molecule has 2 N–H and O–H groups in total. The summed E-state index contributed by atoms with van der Waals surface area (Å²) in [6.07, 6.45) is -2.72. The Morgan fingerprint density at radius 2 is 2.12 bits per heavy atom. The molecular formula is C15H13F3N4O2S. The van der Waals surface area contributed by atoms with Gasteiger partial charge in [-0.3, -0.25) is 4.79 Å². The summed E-state index contributed by atoms with van der Waals surface area (Å²) in [4.78, 5) is 14.8. The van der Waals surface area contributed by atoms with Crippen molar-refractivity contribution in [2.24, 2.45) is 0 Å². The summed E-state index contributed by atoms with van der Waals surface area (Å²) >= 11 is 0.896. The Hall–Kier alpha value is -2.49. The van der Waals surface area contributed by atoms with E-state index in [0.717, 1.165) is 22.7 Å². The minimum atomic E-state index is -4.45. The summed E-state index contributed by atoms with van der Waals surface area (Å²) in [6.45, 7) is 0.0904. The fourth-order valence-electron chi connectivity index (χ4n) is 2.15. The van der Waals surface area contributed by atoms with E-state index in [-0.39, 0.29) is 11.1 Å². The maximum atomic E-state index is 12.1. The molecule has 25 heavy (non-hydrogen) atoms. The van der Waals surface area contributed by atoms with Gasteiger partial charge in [0.2, 0.25) is 5.91 Å². The summed E-state index contributed by atoms with van der Waals surface area (Å²) in [5.41, 5.74) is 1.62. The van der Waals surface area contributed by atoms with E-state index in [1.165, 1.54) is 6.92 Å². The monoisotopic (exact) mass is 370 g/mol. The Morgan fingerprint density at radius 1 is 1.36 bits per heavy atom. The van der Waals surface area contributed by atoms with Crippen LogP contribution in [0.1, 0.15) is 6.92 Å². The van der Waals surface area contributed by atoms with Crippen molar-refractivity contribution < 1.29 is 22.4 Å². The third kappa shape index (κ3) is 4.13. The predicted octanol–water partition coefficient (Wildman–Crippen LogP) is 3.38. The summed E-state index contributed by atoms with van der Waals surface area (Å²) in [6, 6.07) is 7.56. The van der Waals surface area contributed by atoms with Crippen LogP contribution in [0.15, 0.2) is 40.1 Å². The van der Waals surface area contributed by atoms with Crippen LogP contribution in [0.4, 0.5) is 13.2 Å². The van der Waals surface area contributed by atoms with Crippen molar-refractivity contribution in [2.75, 3.05) is 6.54 Å². The van der Waals surface area contributed by atoms with Crippen molar-refractivity contribution in [2.45, 2.75) is 23.6 Å². The largest absolute Gasteiger partial charge is 0.411 e. The SMILES string of the molecule is CC(Sc1nnc(-c2c[nH]c3ccccc23)o1)C(=O)NCC(F)(F)F. The van der Waals surface area contributed by atoms with E-state index in [1.807, 2.05) is 29.6 Å². The van der Waals surface area contributed by atoms with Gasteiger partial charge in [-0.25, -0.2) is 0 Å². The van der Waals surface area contributed by atoms with Gasteiger partial charge in [0.15, 0.2) is 0 Å². The van der Waals surface area contributed by atoms with E-state index in [9.17, 15) is 18.0 Å². The molecule has 1 unspecified atom stereocenters. The Labute approximate surface area is 144 Å². The maximum absolute atomic E-state index is 12.1. The number of amides is 1. The number of nitrogens with zero attached hydrogens (tertiary/aromatic N) is 2. The van der Waals surface area contributed by atoms with Gasteiger partial charge < -0.3 is 14.7 Å². The molecular weight excluding hydrogens is 357 g/mol. The lowest BCUT2D eigenvalue weighted by Crippen LogP contribution is -2.37. The molecule has 0 saturated heterocycles. The number of alkyl halides is 3. The molecule has 0 fully saturated rings. The van der Waals surface area contributed by atoms with Gasteiger partial charge in [-0.05, 0) is 13.0 Å². The Morgan fingerprint density at radius 3 is 2.88 bits per heavy atom. The number of para-hydroxylation sites is 1. The average molecular weight is 370 g/mol. The van der Waals surface area contributed by atoms with E-state index >= 15 is 0 Å². The van der Waals surface area contributed by atoms with Crippen LogP contribution in [-0.2, 0) is 4.79 Å². The van der Waals surface area contributed by atoms with Crippen LogP contribution in [0.2, 0.25) is 0 Å². The van der Waals surface area contributed by atoms with Gasteiger partial charge in [-0.15, -0.1) is 10.2 Å². The Balaban J connectivity index is 1.68. The first-order valence-corrected chi connectivity index (χ1v) is 8.12. The molecule has 0 spiro atoms. The standard InChI is InChI=1S/C15H13F3N4O2S/c1-8(12(23)20-7-15(16,17)18)25-14-22-21-13(24-14)10-6-19-11-5-3-2-4-9(10)11/h2-6,8,19H,7H2,1H3,(H,20,23). The summed E-state index contributed by atoms with van der Waals surface area (Å²) < 4.78 is 41.9. The zero-order chi connectivity index (χ0) is 18.0. The number of fused-ring (bicyclic) bond motifs is 1. The normalized spacial score (nSPS) is 13.1. The summed E-state index contributed by atoms with van der Waals surface area (Å²) in [5.74, 6) is -0.489. The van der Waals surface area contributed by atoms with E-state index in [4.69, 9.17) is 4.42 Å². The molecule has 3 aromatic rings. The lowest BCUT2D eigenvalue weighted by molar-refractivity contribution is -0.137. The smallest absolute Gasteiger partial charge is 0.405 e. The van der Waals surface area contributed by atoms with Gasteiger partial charge in [0.05, 0.1) is 10.8 Å². The maximum Gasteiger partial charge on any atom is 0.405 e. The van der Waals surface area contributed by atoms with Gasteiger partial charge in [0.1, 0.15) is 6.54 Å². The summed E-state index contributed by atoms with van der Waals surface area (Å²) in [7, 11) is 0. The molecule has 132 valence electrons. The van der Waals surface area contributed by atoms with Gasteiger partial charge in [0, 0.05) is 17.1 Å². The number of aromatic amines is 1. The van der Waals surface area contributed by atoms with Crippen LogP contribution < -0.4 is 5.32 Å². The number of H-pyrrole nitrogens is 1. The number of carbonyl (C=O) groups excluding carboxylic acids is 1. The minimum absolute atomic E-state index is 0.106. The van der Waals surface area contributed by atoms with Crippen molar-refractivity contribution in [1.29, 1.82) is 0 Å². The first-order valence-electron chi connectivity index (χ1n) is 7.24. The fraction of sp³-hybridized carbons (Fsp3) is 0.267. The van der Waals surface area contributed by atoms with E-state index in [2.05, 4.69) is 15.2 Å². The van der Waals surface area contributed by atoms with Gasteiger partial charge in [-0.1, -0.05) is 30.0 Å². The van der Waals surface area contributed by atoms with Crippen LogP contribution in [0.25, 0.3) is 22.4 Å². The molecule has 1 atom stereocenters. The van der Waals surface area contributed by atoms with E-state index in [1.54, 1.807) is 6.20 Å². The topological polar surface area (TPSA) is 83.8 Å². The van der Waals surface area contributed by atoms with Crippen LogP contribution >= 0.6 is 11.8 Å². The second-order valence-corrected chi connectivity index (χ2v) is 6.51. The lowest BCUT2D eigenvalue weighted by Gasteiger charge is -2.11. The molecule has 0 aliphatic carbocycles. The Kier molecular flexibility index (Phi) is 4.71. The van der Waals surface area contributed by atoms with Gasteiger partial charge in [0.25, 0.3) is 11.1 Å². The molecule has 1 amide bonds. The second-order valence-electron chi connectivity index (χ2n) is 5.21. The lowest BCUT2D eigenvalue weighted by atomic mass is 10.2. The molecule has 1 aromatic carbocycles. The molecule has 0 bridgehead atoms. The van der Waals surface area contributed by atoms with Crippen molar-refractivity contribution in [3.05, 3.63) is 30.5 Å². The molecule has 2 heterocycles. The molecule has 2 aromatic heterocycles. The van der Waals surface area contributed by atoms with Crippen molar-refractivity contribution in [3.63, 3.8) is 0 Å². The molecule has 3 rings (SSSR count). The summed E-state index contributed by atoms with van der Waals surface area (Å²) in [5, 5.41) is 9.80. The highest BCUT2D eigenvalue weighted by molar-refractivity contribution is 8.00. The molecule has 0 radical (unpaired) electrons. The number of hydrogen-bond donors (Lipinski definition) is 2. The number of benzene rings is 1. The second kappa shape index (κ2) is 6.79. The number of aromatic nitrogens is 3. The molecule has 0 aliphatic heterocycles. The van der Waals surface area contributed by atoms with Crippen molar-refractivity contribution in [1.82, 2.24) is 20.5 Å². The molecule has 10 heteroatoms. The number of hydrogen-bond acceptors (Lipinski definition) is 5. The number of thioether (sulfide) groups is 1. The van der Waals surface area contributed by atoms with E-state index in [0.29, 0.717) is 5.56 Å². The minimum Gasteiger partial charge on any atom is -0.411 e. The predicted molar refractivity (Wildman–Crippen MR) is 86.0 cm³/mol. The molecule has 0 aliphatic rings. The average Bonchev–Trinajstić information content (AvgIpc) is 3.18. The third-order valence-electron chi connectivity index (χ3n) is 3.34.